The van der Waals surface area contributed by atoms with Crippen LogP contribution in [0.15, 0.2) is 48.0 Å². The van der Waals surface area contributed by atoms with Crippen LogP contribution < -0.4 is 24.5 Å². The van der Waals surface area contributed by atoms with Crippen LogP contribution in [0.3, 0.4) is 0 Å². The van der Waals surface area contributed by atoms with Crippen molar-refractivity contribution >= 4 is 28.9 Å². The van der Waals surface area contributed by atoms with Crippen molar-refractivity contribution in [3.05, 3.63) is 58.2 Å². The number of carbonyl (C=O) groups excluding carboxylic acids is 2. The average Bonchev–Trinajstić information content (AvgIpc) is 3.30. The van der Waals surface area contributed by atoms with Crippen molar-refractivity contribution < 1.29 is 33.8 Å². The van der Waals surface area contributed by atoms with Gasteiger partial charge in [0.25, 0.3) is 17.5 Å². The molecule has 0 radical (unpaired) electrons. The van der Waals surface area contributed by atoms with Gasteiger partial charge in [-0.3, -0.25) is 19.7 Å². The second kappa shape index (κ2) is 15.7. The summed E-state index contributed by atoms with van der Waals surface area (Å²) in [4.78, 5) is 39.7. The zero-order chi connectivity index (χ0) is 32.5. The number of amides is 2. The molecule has 2 aromatic rings. The predicted molar refractivity (Wildman–Crippen MR) is 171 cm³/mol. The number of hydrogen-bond acceptors (Lipinski definition) is 10. The molecule has 3 atom stereocenters. The van der Waals surface area contributed by atoms with Crippen LogP contribution in [-0.4, -0.2) is 66.4 Å². The van der Waals surface area contributed by atoms with E-state index >= 15 is 0 Å². The van der Waals surface area contributed by atoms with Crippen molar-refractivity contribution in [1.29, 1.82) is 0 Å². The second-order valence-electron chi connectivity index (χ2n) is 11.4. The SMILES string of the molecule is CCCCCCCCCC[C@@H](O)[C@H]1CC=C2C(=O)N(c3cc(OC)c(OC)c(OC)c3)C(=O)[C@H]2N1Nc1ccc([N+](=O)[O-])cc1. The number of nitrogens with zero attached hydrogens (tertiary/aromatic N) is 3. The molecule has 2 aliphatic rings. The summed E-state index contributed by atoms with van der Waals surface area (Å²) >= 11 is 0. The van der Waals surface area contributed by atoms with Gasteiger partial charge in [-0.1, -0.05) is 64.4 Å². The highest BCUT2D eigenvalue weighted by Crippen LogP contribution is 2.44. The summed E-state index contributed by atoms with van der Waals surface area (Å²) in [5, 5.41) is 24.2. The largest absolute Gasteiger partial charge is 0.493 e. The summed E-state index contributed by atoms with van der Waals surface area (Å²) in [5.41, 5.74) is 4.14. The normalized spacial score (nSPS) is 18.8. The molecule has 4 rings (SSSR count). The lowest BCUT2D eigenvalue weighted by molar-refractivity contribution is -0.384. The molecule has 1 fully saturated rings. The van der Waals surface area contributed by atoms with Crippen LogP contribution in [0.1, 0.15) is 71.1 Å². The highest BCUT2D eigenvalue weighted by Gasteiger charge is 2.52. The van der Waals surface area contributed by atoms with E-state index in [1.165, 1.54) is 89.8 Å². The number of anilines is 2. The summed E-state index contributed by atoms with van der Waals surface area (Å²) in [5.74, 6) is -0.110. The molecule has 12 heteroatoms. The van der Waals surface area contributed by atoms with Gasteiger partial charge in [0.05, 0.1) is 44.1 Å². The summed E-state index contributed by atoms with van der Waals surface area (Å²) in [6.45, 7) is 2.20. The van der Waals surface area contributed by atoms with Crippen molar-refractivity contribution in [2.75, 3.05) is 31.7 Å². The maximum Gasteiger partial charge on any atom is 0.269 e. The van der Waals surface area contributed by atoms with Gasteiger partial charge < -0.3 is 24.7 Å². The molecule has 0 unspecified atom stereocenters. The lowest BCUT2D eigenvalue weighted by Crippen LogP contribution is -2.56. The highest BCUT2D eigenvalue weighted by molar-refractivity contribution is 6.31. The van der Waals surface area contributed by atoms with Gasteiger partial charge >= 0.3 is 0 Å². The quantitative estimate of drug-likeness (QED) is 0.0962. The molecule has 12 nitrogen and oxygen atoms in total. The summed E-state index contributed by atoms with van der Waals surface area (Å²) < 4.78 is 16.3. The Morgan fingerprint density at radius 1 is 0.956 bits per heavy atom. The minimum atomic E-state index is -1.04. The number of hydrogen-bond donors (Lipinski definition) is 2. The number of imide groups is 1. The number of aliphatic hydroxyl groups is 1. The first-order valence-electron chi connectivity index (χ1n) is 15.6. The third-order valence-electron chi connectivity index (χ3n) is 8.46. The number of benzene rings is 2. The molecule has 0 saturated carbocycles. The fraction of sp³-hybridized carbons (Fsp3) is 0.515. The highest BCUT2D eigenvalue weighted by atomic mass is 16.6. The van der Waals surface area contributed by atoms with Crippen LogP contribution in [0, 0.1) is 10.1 Å². The number of unbranched alkanes of at least 4 members (excludes halogenated alkanes) is 7. The molecule has 2 N–H and O–H groups in total. The Morgan fingerprint density at radius 2 is 1.56 bits per heavy atom. The fourth-order valence-corrected chi connectivity index (χ4v) is 6.04. The van der Waals surface area contributed by atoms with E-state index in [0.717, 1.165) is 24.2 Å². The van der Waals surface area contributed by atoms with Crippen molar-refractivity contribution in [3.8, 4) is 17.2 Å². The van der Waals surface area contributed by atoms with Crippen molar-refractivity contribution in [2.24, 2.45) is 0 Å². The number of nitro benzene ring substituents is 1. The molecular formula is C33H44N4O8. The van der Waals surface area contributed by atoms with Crippen LogP contribution in [0.4, 0.5) is 17.1 Å². The van der Waals surface area contributed by atoms with Crippen molar-refractivity contribution in [1.82, 2.24) is 5.01 Å². The van der Waals surface area contributed by atoms with E-state index in [0.29, 0.717) is 24.3 Å². The van der Waals surface area contributed by atoms with Crippen LogP contribution >= 0.6 is 0 Å². The lowest BCUT2D eigenvalue weighted by atomic mass is 9.92. The minimum absolute atomic E-state index is 0.0771. The Morgan fingerprint density at radius 3 is 2.11 bits per heavy atom. The van der Waals surface area contributed by atoms with E-state index in [-0.39, 0.29) is 28.4 Å². The number of aliphatic hydroxyl groups excluding tert-OH is 1. The predicted octanol–water partition coefficient (Wildman–Crippen LogP) is 5.78. The molecule has 1 saturated heterocycles. The van der Waals surface area contributed by atoms with Crippen molar-refractivity contribution in [2.45, 2.75) is 89.3 Å². The molecular weight excluding hydrogens is 580 g/mol. The molecule has 0 spiro atoms. The Balaban J connectivity index is 1.59. The first-order chi connectivity index (χ1) is 21.7. The standard InChI is InChI=1S/C33H44N4O8/c1-5-6-7-8-9-10-11-12-13-27(38)26-19-18-25-30(36(26)34-22-14-16-23(17-15-22)37(41)42)33(40)35(32(25)39)24-20-28(43-2)31(45-4)29(21-24)44-3/h14-18,20-21,26-27,30,34,38H,5-13,19H2,1-4H3/t26-,27-,30+/m1/s1. The fourth-order valence-electron chi connectivity index (χ4n) is 6.04. The molecule has 0 aliphatic carbocycles. The second-order valence-corrected chi connectivity index (χ2v) is 11.4. The van der Waals surface area contributed by atoms with E-state index in [4.69, 9.17) is 14.2 Å². The molecule has 0 aromatic heterocycles. The molecule has 244 valence electrons. The van der Waals surface area contributed by atoms with Gasteiger partial charge in [-0.05, 0) is 25.0 Å². The Labute approximate surface area is 264 Å². The van der Waals surface area contributed by atoms with Crippen LogP contribution in [0.5, 0.6) is 17.2 Å². The molecule has 2 aromatic carbocycles. The number of carbonyl (C=O) groups is 2. The monoisotopic (exact) mass is 624 g/mol. The van der Waals surface area contributed by atoms with Crippen LogP contribution in [-0.2, 0) is 9.59 Å². The van der Waals surface area contributed by atoms with Crippen LogP contribution in [0.2, 0.25) is 0 Å². The van der Waals surface area contributed by atoms with E-state index in [1.54, 1.807) is 11.1 Å². The van der Waals surface area contributed by atoms with Gasteiger partial charge in [-0.2, -0.15) is 0 Å². The molecule has 2 heterocycles. The Hall–Kier alpha value is -4.16. The number of fused-ring (bicyclic) bond motifs is 1. The maximum absolute atomic E-state index is 14.1. The number of ether oxygens (including phenoxy) is 3. The van der Waals surface area contributed by atoms with Crippen LogP contribution in [0.25, 0.3) is 0 Å². The summed E-state index contributed by atoms with van der Waals surface area (Å²) in [6, 6.07) is 7.30. The third kappa shape index (κ3) is 7.56. The lowest BCUT2D eigenvalue weighted by Gasteiger charge is -2.40. The number of nitro groups is 1. The minimum Gasteiger partial charge on any atom is -0.493 e. The summed E-state index contributed by atoms with van der Waals surface area (Å²) in [7, 11) is 4.36. The van der Waals surface area contributed by atoms with E-state index in [2.05, 4.69) is 12.3 Å². The average molecular weight is 625 g/mol. The number of hydrazine groups is 1. The molecule has 0 bridgehead atoms. The van der Waals surface area contributed by atoms with E-state index < -0.39 is 34.9 Å². The van der Waals surface area contributed by atoms with Crippen molar-refractivity contribution in [3.63, 3.8) is 0 Å². The number of methoxy groups -OCH3 is 3. The third-order valence-corrected chi connectivity index (χ3v) is 8.46. The van der Waals surface area contributed by atoms with Gasteiger partial charge in [0.2, 0.25) is 5.75 Å². The first-order valence-corrected chi connectivity index (χ1v) is 15.6. The molecule has 2 aliphatic heterocycles. The number of nitrogens with one attached hydrogen (secondary N) is 1. The number of non-ortho nitro benzene ring substituents is 1. The van der Waals surface area contributed by atoms with Gasteiger partial charge in [-0.15, -0.1) is 0 Å². The molecule has 2 amide bonds. The van der Waals surface area contributed by atoms with Gasteiger partial charge in [0.1, 0.15) is 6.04 Å². The Bertz CT molecular complexity index is 1350. The van der Waals surface area contributed by atoms with Gasteiger partial charge in [-0.25, -0.2) is 9.91 Å². The van der Waals surface area contributed by atoms with Gasteiger partial charge in [0.15, 0.2) is 11.5 Å². The molecule has 45 heavy (non-hydrogen) atoms. The first kappa shape index (κ1) is 33.7. The Kier molecular flexibility index (Phi) is 11.8. The smallest absolute Gasteiger partial charge is 0.269 e. The maximum atomic E-state index is 14.1. The van der Waals surface area contributed by atoms with E-state index in [1.807, 2.05) is 0 Å². The zero-order valence-electron chi connectivity index (χ0n) is 26.5. The summed E-state index contributed by atoms with van der Waals surface area (Å²) in [6.07, 6.45) is 10.9. The topological polar surface area (TPSA) is 144 Å². The zero-order valence-corrected chi connectivity index (χ0v) is 26.5. The van der Waals surface area contributed by atoms with E-state index in [9.17, 15) is 24.8 Å². The number of rotatable bonds is 17. The van der Waals surface area contributed by atoms with Gasteiger partial charge in [0, 0.05) is 35.5 Å².